The summed E-state index contributed by atoms with van der Waals surface area (Å²) in [6.07, 6.45) is 11.7. The van der Waals surface area contributed by atoms with Gasteiger partial charge in [0.1, 0.15) is 11.4 Å². The molecule has 2 aliphatic carbocycles. The minimum atomic E-state index is -0.138. The van der Waals surface area contributed by atoms with Crippen molar-refractivity contribution in [1.82, 2.24) is 0 Å². The van der Waals surface area contributed by atoms with Gasteiger partial charge in [0.2, 0.25) is 0 Å². The molecule has 50 heavy (non-hydrogen) atoms. The van der Waals surface area contributed by atoms with E-state index in [0.29, 0.717) is 0 Å². The van der Waals surface area contributed by atoms with E-state index in [2.05, 4.69) is 147 Å². The Morgan fingerprint density at radius 3 is 2.16 bits per heavy atom. The Labute approximate surface area is 298 Å². The van der Waals surface area contributed by atoms with Crippen LogP contribution in [0.4, 0.5) is 0 Å². The maximum absolute atomic E-state index is 6.79. The van der Waals surface area contributed by atoms with E-state index in [9.17, 15) is 0 Å². The quantitative estimate of drug-likeness (QED) is 0.182. The molecule has 0 spiro atoms. The third-order valence-corrected chi connectivity index (χ3v) is 13.4. The minimum absolute atomic E-state index is 0.0230. The third-order valence-electron chi connectivity index (χ3n) is 12.2. The zero-order valence-corrected chi connectivity index (χ0v) is 29.6. The molecule has 2 atom stereocenters. The normalized spacial score (nSPS) is 20.8. The molecule has 7 aromatic rings. The molecule has 2 heteroatoms. The first-order valence-electron chi connectivity index (χ1n) is 18.3. The fraction of sp³-hybridized carbons (Fsp3) is 0.208. The van der Waals surface area contributed by atoms with Crippen LogP contribution in [-0.2, 0) is 11.8 Å². The summed E-state index contributed by atoms with van der Waals surface area (Å²) in [6.45, 7) is 4.80. The Morgan fingerprint density at radius 1 is 0.600 bits per heavy atom. The monoisotopic (exact) mass is 664 g/mol. The van der Waals surface area contributed by atoms with Gasteiger partial charge in [-0.25, -0.2) is 0 Å². The van der Waals surface area contributed by atoms with Crippen molar-refractivity contribution in [2.75, 3.05) is 0 Å². The average molecular weight is 665 g/mol. The first kappa shape index (κ1) is 29.9. The largest absolute Gasteiger partial charge is 0.486 e. The van der Waals surface area contributed by atoms with E-state index in [1.165, 1.54) is 101 Å². The second-order valence-corrected chi connectivity index (χ2v) is 16.0. The second kappa shape index (κ2) is 11.3. The van der Waals surface area contributed by atoms with Crippen molar-refractivity contribution in [2.24, 2.45) is 0 Å². The fourth-order valence-electron chi connectivity index (χ4n) is 9.46. The van der Waals surface area contributed by atoms with Crippen molar-refractivity contribution in [3.8, 4) is 49.6 Å². The van der Waals surface area contributed by atoms with Gasteiger partial charge < -0.3 is 4.74 Å². The Bertz CT molecular complexity index is 2500. The average Bonchev–Trinajstić information content (AvgIpc) is 3.65. The molecule has 10 rings (SSSR count). The van der Waals surface area contributed by atoms with Gasteiger partial charge in [-0.15, -0.1) is 11.3 Å². The highest BCUT2D eigenvalue weighted by atomic mass is 32.1. The summed E-state index contributed by atoms with van der Waals surface area (Å²) >= 11 is 1.96. The molecule has 1 saturated carbocycles. The summed E-state index contributed by atoms with van der Waals surface area (Å²) in [4.78, 5) is 1.38. The van der Waals surface area contributed by atoms with Crippen molar-refractivity contribution in [1.29, 1.82) is 0 Å². The van der Waals surface area contributed by atoms with Crippen molar-refractivity contribution >= 4 is 38.3 Å². The summed E-state index contributed by atoms with van der Waals surface area (Å²) in [7, 11) is 0. The summed E-state index contributed by atoms with van der Waals surface area (Å²) < 4.78 is 8.13. The van der Waals surface area contributed by atoms with E-state index in [-0.39, 0.29) is 11.0 Å². The lowest BCUT2D eigenvalue weighted by Crippen LogP contribution is -2.49. The topological polar surface area (TPSA) is 9.23 Å². The summed E-state index contributed by atoms with van der Waals surface area (Å²) in [5.41, 5.74) is 13.3. The van der Waals surface area contributed by atoms with E-state index in [1.54, 1.807) is 0 Å². The minimum Gasteiger partial charge on any atom is -0.486 e. The van der Waals surface area contributed by atoms with Crippen LogP contribution in [0.3, 0.4) is 0 Å². The molecule has 0 radical (unpaired) electrons. The first-order chi connectivity index (χ1) is 24.5. The first-order valence-corrected chi connectivity index (χ1v) is 19.1. The van der Waals surface area contributed by atoms with E-state index < -0.39 is 0 Å². The number of rotatable bonds is 4. The van der Waals surface area contributed by atoms with Gasteiger partial charge in [-0.05, 0) is 113 Å². The number of benzene rings is 6. The van der Waals surface area contributed by atoms with E-state index >= 15 is 0 Å². The van der Waals surface area contributed by atoms with Crippen LogP contribution in [0.1, 0.15) is 62.6 Å². The van der Waals surface area contributed by atoms with Crippen LogP contribution in [0, 0.1) is 0 Å². The Hall–Kier alpha value is -4.92. The molecular weight excluding hydrogens is 625 g/mol. The molecule has 1 nitrogen and oxygen atoms in total. The molecule has 1 fully saturated rings. The molecule has 6 aromatic carbocycles. The second-order valence-electron chi connectivity index (χ2n) is 15.0. The van der Waals surface area contributed by atoms with Crippen molar-refractivity contribution in [3.05, 3.63) is 144 Å². The van der Waals surface area contributed by atoms with Crippen LogP contribution in [0.2, 0.25) is 0 Å². The van der Waals surface area contributed by atoms with Crippen LogP contribution < -0.4 is 4.74 Å². The van der Waals surface area contributed by atoms with Crippen LogP contribution >= 0.6 is 11.3 Å². The lowest BCUT2D eigenvalue weighted by Gasteiger charge is -2.43. The fourth-order valence-corrected chi connectivity index (χ4v) is 10.8. The molecule has 3 aliphatic rings. The van der Waals surface area contributed by atoms with Gasteiger partial charge in [-0.3, -0.25) is 0 Å². The molecule has 244 valence electrons. The van der Waals surface area contributed by atoms with Gasteiger partial charge >= 0.3 is 0 Å². The maximum atomic E-state index is 6.79. The Morgan fingerprint density at radius 2 is 1.30 bits per heavy atom. The highest BCUT2D eigenvalue weighted by Gasteiger charge is 2.55. The summed E-state index contributed by atoms with van der Waals surface area (Å²) in [5, 5.41) is 3.99. The van der Waals surface area contributed by atoms with Gasteiger partial charge in [0.25, 0.3) is 0 Å². The van der Waals surface area contributed by atoms with Gasteiger partial charge in [0, 0.05) is 37.1 Å². The molecule has 0 amide bonds. The molecule has 1 unspecified atom stereocenters. The molecule has 0 N–H and O–H groups in total. The number of hydrogen-bond donors (Lipinski definition) is 0. The highest BCUT2D eigenvalue weighted by Crippen LogP contribution is 2.58. The van der Waals surface area contributed by atoms with E-state index in [4.69, 9.17) is 4.74 Å². The maximum Gasteiger partial charge on any atom is 0.124 e. The van der Waals surface area contributed by atoms with Crippen LogP contribution in [-0.4, -0.2) is 5.60 Å². The third kappa shape index (κ3) is 4.37. The van der Waals surface area contributed by atoms with Crippen molar-refractivity contribution in [3.63, 3.8) is 0 Å². The lowest BCUT2D eigenvalue weighted by atomic mass is 9.63. The van der Waals surface area contributed by atoms with Gasteiger partial charge in [0.05, 0.1) is 0 Å². The standard InChI is InChI=1S/C48H40OS/c1-47-27-12-13-28-48(47,2)49-41-26-25-34(30-40(41)47)44-39-23-10-11-24-42(39)50-46(44)45-37-21-8-6-19-35(37)43(36-20-7-9-22-38(36)45)33-18-14-17-32(29-33)31-15-4-3-5-16-31/h3-8,10-11,14-21,23-26,29-30H,9,12-13,22,27-28H2,1-2H3/t47?,48-/m0/s1. The lowest BCUT2D eigenvalue weighted by molar-refractivity contribution is 0.00740. The Kier molecular flexibility index (Phi) is 6.77. The highest BCUT2D eigenvalue weighted by molar-refractivity contribution is 7.23. The van der Waals surface area contributed by atoms with E-state index in [0.717, 1.165) is 25.0 Å². The van der Waals surface area contributed by atoms with E-state index in [1.807, 2.05) is 11.3 Å². The number of thiophene rings is 1. The summed E-state index contributed by atoms with van der Waals surface area (Å²) in [6, 6.07) is 45.2. The molecule has 0 saturated heterocycles. The van der Waals surface area contributed by atoms with Gasteiger partial charge in [-0.2, -0.15) is 0 Å². The summed E-state index contributed by atoms with van der Waals surface area (Å²) in [5.74, 6) is 1.08. The number of hydrogen-bond acceptors (Lipinski definition) is 2. The molecule has 0 bridgehead atoms. The predicted octanol–water partition coefficient (Wildman–Crippen LogP) is 13.7. The zero-order chi connectivity index (χ0) is 33.5. The molecular formula is C48H40OS. The zero-order valence-electron chi connectivity index (χ0n) is 28.8. The SMILES string of the molecule is CC12CCCC[C@]1(C)Oc1ccc(-c3c(-c4c5c(c(-c6cccc(-c7ccccc7)c6)c6ccccc46)C=CCC5)sc4ccccc34)cc12. The van der Waals surface area contributed by atoms with Crippen molar-refractivity contribution < 1.29 is 4.74 Å². The van der Waals surface area contributed by atoms with Gasteiger partial charge in [-0.1, -0.05) is 123 Å². The van der Waals surface area contributed by atoms with Crippen LogP contribution in [0.5, 0.6) is 5.75 Å². The molecule has 2 heterocycles. The smallest absolute Gasteiger partial charge is 0.124 e. The van der Waals surface area contributed by atoms with Crippen molar-refractivity contribution in [2.45, 2.75) is 63.4 Å². The Balaban J connectivity index is 1.24. The number of ether oxygens (including phenoxy) is 1. The molecule has 1 aromatic heterocycles. The number of fused-ring (bicyclic) bond motifs is 6. The molecule has 1 aliphatic heterocycles. The van der Waals surface area contributed by atoms with Gasteiger partial charge in [0.15, 0.2) is 0 Å². The van der Waals surface area contributed by atoms with Crippen LogP contribution in [0.15, 0.2) is 127 Å². The predicted molar refractivity (Wildman–Crippen MR) is 213 cm³/mol. The van der Waals surface area contributed by atoms with Crippen LogP contribution in [0.25, 0.3) is 70.8 Å². The number of allylic oxidation sites excluding steroid dienone is 1.